The summed E-state index contributed by atoms with van der Waals surface area (Å²) >= 11 is 0. The number of hydrogen-bond donors (Lipinski definition) is 2. The molecular weight excluding hydrogens is 496 g/mol. The lowest BCUT2D eigenvalue weighted by Crippen LogP contribution is -2.42. The molecule has 6 nitrogen and oxygen atoms in total. The monoisotopic (exact) mass is 532 g/mol. The van der Waals surface area contributed by atoms with Crippen LogP contribution >= 0.6 is 0 Å². The fraction of sp³-hybridized carbons (Fsp3) is 0.353. The number of carbonyl (C=O) groups excluding carboxylic acids is 1. The normalized spacial score (nSPS) is 26.0. The van der Waals surface area contributed by atoms with Gasteiger partial charge in [0, 0.05) is 35.6 Å². The number of fused-ring (bicyclic) bond motifs is 3. The Labute approximate surface area is 235 Å². The van der Waals surface area contributed by atoms with E-state index >= 15 is 0 Å². The molecule has 6 heteroatoms. The predicted octanol–water partition coefficient (Wildman–Crippen LogP) is 6.88. The van der Waals surface area contributed by atoms with Gasteiger partial charge >= 0.3 is 0 Å². The number of benzene rings is 3. The Morgan fingerprint density at radius 2 is 1.82 bits per heavy atom. The van der Waals surface area contributed by atoms with Gasteiger partial charge in [-0.05, 0) is 85.7 Å². The molecule has 2 fully saturated rings. The van der Waals surface area contributed by atoms with Gasteiger partial charge in [0.15, 0.2) is 0 Å². The van der Waals surface area contributed by atoms with Crippen molar-refractivity contribution in [3.8, 4) is 5.75 Å². The second-order valence-electron chi connectivity index (χ2n) is 11.9. The Kier molecular flexibility index (Phi) is 6.04. The second kappa shape index (κ2) is 9.63. The largest absolute Gasteiger partial charge is 0.497 e. The molecule has 2 aliphatic heterocycles. The number of rotatable bonds is 6. The maximum Gasteiger partial charge on any atom is 0.235 e. The van der Waals surface area contributed by atoms with Crippen molar-refractivity contribution in [2.75, 3.05) is 12.4 Å². The number of aromatic nitrogens is 2. The fourth-order valence-corrected chi connectivity index (χ4v) is 7.01. The number of likely N-dealkylation sites (tertiary alicyclic amines) is 1. The lowest BCUT2D eigenvalue weighted by atomic mass is 9.91. The van der Waals surface area contributed by atoms with Crippen molar-refractivity contribution in [1.29, 1.82) is 0 Å². The van der Waals surface area contributed by atoms with Gasteiger partial charge in [-0.25, -0.2) is 0 Å². The highest BCUT2D eigenvalue weighted by atomic mass is 16.5. The highest BCUT2D eigenvalue weighted by Crippen LogP contribution is 2.65. The molecule has 1 amide bonds. The van der Waals surface area contributed by atoms with Crippen LogP contribution in [0.5, 0.6) is 5.75 Å². The van der Waals surface area contributed by atoms with Gasteiger partial charge in [0.25, 0.3) is 0 Å². The van der Waals surface area contributed by atoms with E-state index in [1.54, 1.807) is 7.11 Å². The summed E-state index contributed by atoms with van der Waals surface area (Å²) in [6.45, 7) is 5.73. The number of ether oxygens (including phenoxy) is 1. The fourth-order valence-electron chi connectivity index (χ4n) is 7.01. The van der Waals surface area contributed by atoms with Crippen LogP contribution in [-0.4, -0.2) is 40.2 Å². The van der Waals surface area contributed by atoms with Crippen LogP contribution in [0, 0.1) is 0 Å². The van der Waals surface area contributed by atoms with E-state index in [0.29, 0.717) is 12.1 Å². The number of nitrogens with zero attached hydrogens (tertiary/aromatic N) is 2. The van der Waals surface area contributed by atoms with E-state index in [4.69, 9.17) is 4.74 Å². The third-order valence-electron chi connectivity index (χ3n) is 9.49. The number of carbonyl (C=O) groups is 1. The van der Waals surface area contributed by atoms with Crippen molar-refractivity contribution in [3.05, 3.63) is 88.6 Å². The van der Waals surface area contributed by atoms with Gasteiger partial charge in [-0.2, -0.15) is 5.10 Å². The molecule has 4 aromatic rings. The molecule has 204 valence electrons. The average Bonchev–Trinajstić information content (AvgIpc) is 3.51. The topological polar surface area (TPSA) is 70.2 Å². The van der Waals surface area contributed by atoms with Gasteiger partial charge in [0.2, 0.25) is 5.91 Å². The summed E-state index contributed by atoms with van der Waals surface area (Å²) < 4.78 is 5.44. The number of piperidine rings is 1. The molecule has 7 rings (SSSR count). The van der Waals surface area contributed by atoms with E-state index in [-0.39, 0.29) is 11.8 Å². The van der Waals surface area contributed by atoms with Crippen LogP contribution in [0.2, 0.25) is 0 Å². The highest BCUT2D eigenvalue weighted by molar-refractivity contribution is 6.10. The number of anilines is 1. The summed E-state index contributed by atoms with van der Waals surface area (Å²) in [5.41, 5.74) is 7.03. The molecule has 1 spiro atoms. The lowest BCUT2D eigenvalue weighted by Gasteiger charge is -2.39. The molecule has 3 heterocycles. The predicted molar refractivity (Wildman–Crippen MR) is 160 cm³/mol. The zero-order valence-electron chi connectivity index (χ0n) is 23.4. The summed E-state index contributed by atoms with van der Waals surface area (Å²) in [6.07, 6.45) is 8.94. The van der Waals surface area contributed by atoms with E-state index in [9.17, 15) is 4.79 Å². The molecule has 1 aliphatic carbocycles. The Hall–Kier alpha value is -3.90. The second-order valence-corrected chi connectivity index (χ2v) is 11.9. The van der Waals surface area contributed by atoms with Crippen molar-refractivity contribution in [1.82, 2.24) is 15.1 Å². The Bertz CT molecular complexity index is 1610. The van der Waals surface area contributed by atoms with Gasteiger partial charge in [0.05, 0.1) is 23.7 Å². The van der Waals surface area contributed by atoms with Crippen molar-refractivity contribution in [3.63, 3.8) is 0 Å². The molecule has 3 aliphatic rings. The summed E-state index contributed by atoms with van der Waals surface area (Å²) in [5, 5.41) is 12.0. The lowest BCUT2D eigenvalue weighted by molar-refractivity contribution is -0.118. The standard InChI is InChI=1S/C34H36N4O2/c1-21-5-4-6-22(2)38(21)20-24-9-7-23(8-10-24)11-15-30-27-14-12-25(17-32(27)37-36-30)29-19-34(29)28-18-26(40-3)13-16-31(28)35-33(34)39/h7-18,21-22,29H,4-6,19-20H2,1-3H3,(H,35,39)(H,36,37)/b15-11+. The highest BCUT2D eigenvalue weighted by Gasteiger charge is 2.65. The van der Waals surface area contributed by atoms with Crippen molar-refractivity contribution in [2.45, 2.75) is 69.5 Å². The molecular formula is C34H36N4O2. The van der Waals surface area contributed by atoms with Crippen LogP contribution in [0.25, 0.3) is 23.1 Å². The molecule has 4 atom stereocenters. The number of H-pyrrole nitrogens is 1. The zero-order chi connectivity index (χ0) is 27.4. The SMILES string of the molecule is COc1ccc2c(c1)C1(CC1c1ccc3c(/C=C/c4ccc(CN5C(C)CCCC5C)cc4)n[nH]c3c1)C(=O)N2. The van der Waals surface area contributed by atoms with Crippen LogP contribution < -0.4 is 10.1 Å². The third-order valence-corrected chi connectivity index (χ3v) is 9.49. The maximum atomic E-state index is 13.1. The molecule has 1 aromatic heterocycles. The van der Waals surface area contributed by atoms with Crippen LogP contribution in [0.3, 0.4) is 0 Å². The first-order valence-corrected chi connectivity index (χ1v) is 14.5. The van der Waals surface area contributed by atoms with E-state index < -0.39 is 5.41 Å². The van der Waals surface area contributed by atoms with Gasteiger partial charge in [0.1, 0.15) is 5.75 Å². The molecule has 2 N–H and O–H groups in total. The summed E-state index contributed by atoms with van der Waals surface area (Å²) in [5.74, 6) is 1.00. The van der Waals surface area contributed by atoms with Gasteiger partial charge in [-0.15, -0.1) is 0 Å². The van der Waals surface area contributed by atoms with Crippen molar-refractivity contribution in [2.24, 2.45) is 0 Å². The van der Waals surface area contributed by atoms with E-state index in [0.717, 1.165) is 57.7 Å². The Balaban J connectivity index is 1.07. The van der Waals surface area contributed by atoms with Crippen molar-refractivity contribution < 1.29 is 9.53 Å². The molecule has 0 radical (unpaired) electrons. The van der Waals surface area contributed by atoms with Crippen LogP contribution in [-0.2, 0) is 16.8 Å². The minimum atomic E-state index is -0.503. The number of hydrogen-bond acceptors (Lipinski definition) is 4. The molecule has 4 unspecified atom stereocenters. The Morgan fingerprint density at radius 1 is 1.02 bits per heavy atom. The van der Waals surface area contributed by atoms with Crippen LogP contribution in [0.15, 0.2) is 60.7 Å². The zero-order valence-corrected chi connectivity index (χ0v) is 23.4. The third kappa shape index (κ3) is 4.13. The van der Waals surface area contributed by atoms with Crippen LogP contribution in [0.4, 0.5) is 5.69 Å². The molecule has 1 saturated heterocycles. The first-order chi connectivity index (χ1) is 19.5. The Morgan fingerprint density at radius 3 is 2.60 bits per heavy atom. The first kappa shape index (κ1) is 25.1. The maximum absolute atomic E-state index is 13.1. The number of nitrogens with one attached hydrogen (secondary N) is 2. The number of aromatic amines is 1. The minimum Gasteiger partial charge on any atom is -0.497 e. The quantitative estimate of drug-likeness (QED) is 0.284. The van der Waals surface area contributed by atoms with Crippen LogP contribution in [0.1, 0.15) is 73.4 Å². The van der Waals surface area contributed by atoms with Gasteiger partial charge in [-0.1, -0.05) is 48.9 Å². The van der Waals surface area contributed by atoms with Gasteiger partial charge in [-0.3, -0.25) is 14.8 Å². The number of methoxy groups -OCH3 is 1. The molecule has 0 bridgehead atoms. The molecule has 3 aromatic carbocycles. The summed E-state index contributed by atoms with van der Waals surface area (Å²) in [6, 6.07) is 22.5. The van der Waals surface area contributed by atoms with E-state index in [1.165, 1.54) is 24.8 Å². The summed E-state index contributed by atoms with van der Waals surface area (Å²) in [7, 11) is 1.66. The smallest absolute Gasteiger partial charge is 0.235 e. The van der Waals surface area contributed by atoms with Gasteiger partial charge < -0.3 is 10.1 Å². The average molecular weight is 533 g/mol. The van der Waals surface area contributed by atoms with E-state index in [1.807, 2.05) is 18.2 Å². The first-order valence-electron chi connectivity index (χ1n) is 14.5. The van der Waals surface area contributed by atoms with E-state index in [2.05, 4.69) is 88.9 Å². The minimum absolute atomic E-state index is 0.0834. The number of amides is 1. The summed E-state index contributed by atoms with van der Waals surface area (Å²) in [4.78, 5) is 15.7. The van der Waals surface area contributed by atoms with Crippen molar-refractivity contribution >= 4 is 34.6 Å². The molecule has 40 heavy (non-hydrogen) atoms. The molecule has 1 saturated carbocycles.